The van der Waals surface area contributed by atoms with Crippen LogP contribution in [0.3, 0.4) is 0 Å². The van der Waals surface area contributed by atoms with Crippen molar-refractivity contribution in [1.82, 2.24) is 0 Å². The summed E-state index contributed by atoms with van der Waals surface area (Å²) in [5.41, 5.74) is 0.900. The van der Waals surface area contributed by atoms with Gasteiger partial charge in [0.25, 0.3) is 0 Å². The third-order valence-corrected chi connectivity index (χ3v) is 5.77. The standard InChI is InChI=1S/C15H18BrFO2S/c16-9-11-5-12(17)7-14(6-11)19-13-1-3-18-15(8-13)2-4-20-10-15/h5-7,13H,1-4,8-10H2. The van der Waals surface area contributed by atoms with Crippen LogP contribution in [-0.4, -0.2) is 29.8 Å². The largest absolute Gasteiger partial charge is 0.490 e. The zero-order chi connectivity index (χ0) is 14.0. The second-order valence-corrected chi connectivity index (χ2v) is 7.16. The van der Waals surface area contributed by atoms with Crippen LogP contribution in [0.15, 0.2) is 18.2 Å². The van der Waals surface area contributed by atoms with Crippen molar-refractivity contribution >= 4 is 27.7 Å². The van der Waals surface area contributed by atoms with E-state index >= 15 is 0 Å². The van der Waals surface area contributed by atoms with Gasteiger partial charge in [0.05, 0.1) is 12.2 Å². The van der Waals surface area contributed by atoms with E-state index in [1.807, 2.05) is 17.8 Å². The summed E-state index contributed by atoms with van der Waals surface area (Å²) in [4.78, 5) is 0. The van der Waals surface area contributed by atoms with Crippen LogP contribution >= 0.6 is 27.7 Å². The van der Waals surface area contributed by atoms with E-state index in [1.165, 1.54) is 17.9 Å². The van der Waals surface area contributed by atoms with Gasteiger partial charge in [0.2, 0.25) is 0 Å². The molecular weight excluding hydrogens is 343 g/mol. The molecule has 2 saturated heterocycles. The minimum Gasteiger partial charge on any atom is -0.490 e. The molecule has 0 aromatic heterocycles. The molecule has 0 radical (unpaired) electrons. The first kappa shape index (κ1) is 14.7. The molecule has 0 N–H and O–H groups in total. The van der Waals surface area contributed by atoms with Gasteiger partial charge in [0.15, 0.2) is 0 Å². The lowest BCUT2D eigenvalue weighted by molar-refractivity contribution is -0.0959. The number of hydrogen-bond acceptors (Lipinski definition) is 3. The van der Waals surface area contributed by atoms with Crippen LogP contribution in [0.4, 0.5) is 4.39 Å². The Morgan fingerprint density at radius 1 is 1.45 bits per heavy atom. The van der Waals surface area contributed by atoms with E-state index in [4.69, 9.17) is 9.47 Å². The van der Waals surface area contributed by atoms with Crippen molar-refractivity contribution in [1.29, 1.82) is 0 Å². The van der Waals surface area contributed by atoms with Crippen LogP contribution in [0, 0.1) is 5.82 Å². The van der Waals surface area contributed by atoms with E-state index in [1.54, 1.807) is 0 Å². The maximum absolute atomic E-state index is 13.5. The molecule has 0 amide bonds. The third-order valence-electron chi connectivity index (χ3n) is 3.90. The monoisotopic (exact) mass is 360 g/mol. The topological polar surface area (TPSA) is 18.5 Å². The summed E-state index contributed by atoms with van der Waals surface area (Å²) in [6.07, 6.45) is 3.03. The normalized spacial score (nSPS) is 29.8. The zero-order valence-electron chi connectivity index (χ0n) is 11.2. The smallest absolute Gasteiger partial charge is 0.127 e. The molecule has 2 aliphatic heterocycles. The van der Waals surface area contributed by atoms with Gasteiger partial charge in [-0.3, -0.25) is 0 Å². The van der Waals surface area contributed by atoms with Crippen LogP contribution in [0.2, 0.25) is 0 Å². The molecule has 1 spiro atoms. The molecule has 0 bridgehead atoms. The lowest BCUT2D eigenvalue weighted by Crippen LogP contribution is -2.43. The van der Waals surface area contributed by atoms with Crippen LogP contribution < -0.4 is 4.74 Å². The molecular formula is C15H18BrFO2S. The Morgan fingerprint density at radius 2 is 2.35 bits per heavy atom. The second-order valence-electron chi connectivity index (χ2n) is 5.50. The highest BCUT2D eigenvalue weighted by molar-refractivity contribution is 9.08. The molecule has 0 aliphatic carbocycles. The van der Waals surface area contributed by atoms with Crippen LogP contribution in [-0.2, 0) is 10.1 Å². The van der Waals surface area contributed by atoms with Gasteiger partial charge in [-0.15, -0.1) is 0 Å². The fraction of sp³-hybridized carbons (Fsp3) is 0.600. The van der Waals surface area contributed by atoms with Crippen molar-refractivity contribution in [2.75, 3.05) is 18.1 Å². The highest BCUT2D eigenvalue weighted by atomic mass is 79.9. The minimum atomic E-state index is -0.241. The van der Waals surface area contributed by atoms with E-state index in [0.29, 0.717) is 11.1 Å². The fourth-order valence-corrected chi connectivity index (χ4v) is 4.61. The maximum Gasteiger partial charge on any atom is 0.127 e. The molecule has 1 aromatic rings. The number of rotatable bonds is 3. The molecule has 2 fully saturated rings. The van der Waals surface area contributed by atoms with Gasteiger partial charge in [-0.25, -0.2) is 4.39 Å². The van der Waals surface area contributed by atoms with Gasteiger partial charge >= 0.3 is 0 Å². The van der Waals surface area contributed by atoms with E-state index < -0.39 is 0 Å². The quantitative estimate of drug-likeness (QED) is 0.754. The van der Waals surface area contributed by atoms with Crippen molar-refractivity contribution in [2.45, 2.75) is 36.3 Å². The Morgan fingerprint density at radius 3 is 3.10 bits per heavy atom. The Labute approximate surface area is 131 Å². The van der Waals surface area contributed by atoms with Crippen molar-refractivity contribution in [2.24, 2.45) is 0 Å². The summed E-state index contributed by atoms with van der Waals surface area (Å²) in [7, 11) is 0. The van der Waals surface area contributed by atoms with Gasteiger partial charge in [0.1, 0.15) is 17.7 Å². The summed E-state index contributed by atoms with van der Waals surface area (Å²) < 4.78 is 25.5. The molecule has 3 rings (SSSR count). The van der Waals surface area contributed by atoms with E-state index in [9.17, 15) is 4.39 Å². The average molecular weight is 361 g/mol. The first-order chi connectivity index (χ1) is 9.69. The van der Waals surface area contributed by atoms with E-state index in [0.717, 1.165) is 37.2 Å². The molecule has 20 heavy (non-hydrogen) atoms. The zero-order valence-corrected chi connectivity index (χ0v) is 13.6. The summed E-state index contributed by atoms with van der Waals surface area (Å²) in [5, 5.41) is 0.634. The predicted octanol–water partition coefficient (Wildman–Crippen LogP) is 4.15. The van der Waals surface area contributed by atoms with Crippen molar-refractivity contribution in [3.63, 3.8) is 0 Å². The summed E-state index contributed by atoms with van der Waals surface area (Å²) in [6, 6.07) is 4.90. The Kier molecular flexibility index (Phi) is 4.58. The average Bonchev–Trinajstić information content (AvgIpc) is 2.86. The molecule has 2 atom stereocenters. The van der Waals surface area contributed by atoms with Gasteiger partial charge < -0.3 is 9.47 Å². The van der Waals surface area contributed by atoms with Crippen LogP contribution in [0.5, 0.6) is 5.75 Å². The van der Waals surface area contributed by atoms with Crippen LogP contribution in [0.25, 0.3) is 0 Å². The van der Waals surface area contributed by atoms with E-state index in [-0.39, 0.29) is 17.5 Å². The SMILES string of the molecule is Fc1cc(CBr)cc(OC2CCOC3(CCSC3)C2)c1. The van der Waals surface area contributed by atoms with Gasteiger partial charge in [0, 0.05) is 30.0 Å². The molecule has 1 aromatic carbocycles. The van der Waals surface area contributed by atoms with Crippen molar-refractivity contribution in [3.05, 3.63) is 29.6 Å². The molecule has 5 heteroatoms. The minimum absolute atomic E-state index is 0.000832. The highest BCUT2D eigenvalue weighted by Crippen LogP contribution is 2.39. The molecule has 0 saturated carbocycles. The lowest BCUT2D eigenvalue weighted by atomic mass is 9.91. The lowest BCUT2D eigenvalue weighted by Gasteiger charge is -2.37. The summed E-state index contributed by atoms with van der Waals surface area (Å²) >= 11 is 5.30. The number of thioether (sulfide) groups is 1. The van der Waals surface area contributed by atoms with Crippen LogP contribution in [0.1, 0.15) is 24.8 Å². The first-order valence-electron chi connectivity index (χ1n) is 6.93. The fourth-order valence-electron chi connectivity index (χ4n) is 2.91. The Hall–Kier alpha value is -0.260. The maximum atomic E-state index is 13.5. The number of halogens is 2. The van der Waals surface area contributed by atoms with E-state index in [2.05, 4.69) is 15.9 Å². The number of ether oxygens (including phenoxy) is 2. The highest BCUT2D eigenvalue weighted by Gasteiger charge is 2.41. The molecule has 2 unspecified atom stereocenters. The number of benzene rings is 1. The summed E-state index contributed by atoms with van der Waals surface area (Å²) in [5.74, 6) is 2.62. The second kappa shape index (κ2) is 6.24. The molecule has 110 valence electrons. The third kappa shape index (κ3) is 3.31. The van der Waals surface area contributed by atoms with Crippen molar-refractivity contribution in [3.8, 4) is 5.75 Å². The Balaban J connectivity index is 1.69. The Bertz CT molecular complexity index is 477. The van der Waals surface area contributed by atoms with Gasteiger partial charge in [-0.2, -0.15) is 11.8 Å². The number of hydrogen-bond donors (Lipinski definition) is 0. The predicted molar refractivity (Wildman–Crippen MR) is 83.3 cm³/mol. The number of alkyl halides is 1. The molecule has 2 nitrogen and oxygen atoms in total. The van der Waals surface area contributed by atoms with Gasteiger partial charge in [-0.05, 0) is 29.9 Å². The van der Waals surface area contributed by atoms with Gasteiger partial charge in [-0.1, -0.05) is 15.9 Å². The first-order valence-corrected chi connectivity index (χ1v) is 9.21. The summed E-state index contributed by atoms with van der Waals surface area (Å²) in [6.45, 7) is 0.742. The molecule has 2 heterocycles. The molecule has 2 aliphatic rings. The van der Waals surface area contributed by atoms with Crippen molar-refractivity contribution < 1.29 is 13.9 Å².